The van der Waals surface area contributed by atoms with Gasteiger partial charge in [0.05, 0.1) is 6.20 Å². The molecule has 186 valence electrons. The largest absolute Gasteiger partial charge is 0.361 e. The Labute approximate surface area is 211 Å². The highest BCUT2D eigenvalue weighted by Crippen LogP contribution is 2.38. The average molecular weight is 484 g/mol. The summed E-state index contributed by atoms with van der Waals surface area (Å²) >= 11 is 0. The normalized spacial score (nSPS) is 15.3. The zero-order valence-corrected chi connectivity index (χ0v) is 21.1. The number of aromatic nitrogens is 3. The molecule has 0 aliphatic heterocycles. The number of carbonyl (C=O) groups excluding carboxylic acids is 1. The van der Waals surface area contributed by atoms with Crippen LogP contribution in [0.4, 0.5) is 0 Å². The van der Waals surface area contributed by atoms with E-state index < -0.39 is 5.91 Å². The van der Waals surface area contributed by atoms with Crippen LogP contribution in [0, 0.1) is 13.8 Å². The van der Waals surface area contributed by atoms with Gasteiger partial charge in [-0.25, -0.2) is 5.48 Å². The standard InChI is InChI=1S/C29H33N5O2/c1-19-4-8-25-23(16-30-27(25)14-19)12-13-34(18-24-17-31-33(3)20(24)2)28-10-7-22-15-21(5-9-26(22)28)6-11-29(35)32-36/h4-6,8-9,11,14-17,28,30,36H,7,10,12-13,18H2,1-3H3,(H,32,35)/b11-6+. The van der Waals surface area contributed by atoms with Gasteiger partial charge < -0.3 is 4.98 Å². The Bertz CT molecular complexity index is 1430. The molecule has 1 aliphatic carbocycles. The molecule has 4 aromatic rings. The van der Waals surface area contributed by atoms with Gasteiger partial charge in [0.1, 0.15) is 0 Å². The lowest BCUT2D eigenvalue weighted by atomic mass is 10.0. The molecule has 2 heterocycles. The van der Waals surface area contributed by atoms with Crippen molar-refractivity contribution in [2.75, 3.05) is 6.54 Å². The fourth-order valence-electron chi connectivity index (χ4n) is 5.34. The summed E-state index contributed by atoms with van der Waals surface area (Å²) in [5.41, 5.74) is 11.5. The smallest absolute Gasteiger partial charge is 0.267 e. The number of benzene rings is 2. The van der Waals surface area contributed by atoms with Crippen LogP contribution in [-0.4, -0.2) is 37.3 Å². The Morgan fingerprint density at radius 3 is 2.89 bits per heavy atom. The zero-order chi connectivity index (χ0) is 25.2. The van der Waals surface area contributed by atoms with E-state index in [9.17, 15) is 4.79 Å². The van der Waals surface area contributed by atoms with E-state index in [0.717, 1.165) is 37.9 Å². The SMILES string of the molecule is Cc1ccc2c(CCN(Cc3cnn(C)c3C)C3CCc4cc(/C=C/C(=O)NO)ccc43)c[nH]c2c1. The topological polar surface area (TPSA) is 86.2 Å². The van der Waals surface area contributed by atoms with Crippen LogP contribution in [0.1, 0.15) is 51.5 Å². The van der Waals surface area contributed by atoms with Gasteiger partial charge in [0.25, 0.3) is 5.91 Å². The number of carbonyl (C=O) groups is 1. The fourth-order valence-corrected chi connectivity index (χ4v) is 5.34. The number of H-pyrrole nitrogens is 1. The fraction of sp³-hybridized carbons (Fsp3) is 0.310. The number of nitrogens with one attached hydrogen (secondary N) is 2. The van der Waals surface area contributed by atoms with E-state index in [4.69, 9.17) is 5.21 Å². The second-order valence-corrected chi connectivity index (χ2v) is 9.78. The van der Waals surface area contributed by atoms with Gasteiger partial charge >= 0.3 is 0 Å². The summed E-state index contributed by atoms with van der Waals surface area (Å²) < 4.78 is 1.94. The third-order valence-corrected chi connectivity index (χ3v) is 7.49. The molecule has 1 amide bonds. The Morgan fingerprint density at radius 2 is 2.11 bits per heavy atom. The lowest BCUT2D eigenvalue weighted by molar-refractivity contribution is -0.124. The van der Waals surface area contributed by atoms with Gasteiger partial charge in [0, 0.05) is 60.6 Å². The number of rotatable bonds is 8. The first-order valence-corrected chi connectivity index (χ1v) is 12.5. The summed E-state index contributed by atoms with van der Waals surface area (Å²) in [5.74, 6) is -0.529. The van der Waals surface area contributed by atoms with Crippen molar-refractivity contribution in [1.82, 2.24) is 25.1 Å². The average Bonchev–Trinajstić information content (AvgIpc) is 3.57. The van der Waals surface area contributed by atoms with Crippen LogP contribution in [0.2, 0.25) is 0 Å². The second kappa shape index (κ2) is 10.1. The van der Waals surface area contributed by atoms with E-state index in [0.29, 0.717) is 6.04 Å². The van der Waals surface area contributed by atoms with Gasteiger partial charge in [-0.05, 0) is 73.1 Å². The van der Waals surface area contributed by atoms with Gasteiger partial charge in [0.2, 0.25) is 0 Å². The number of hydrogen-bond acceptors (Lipinski definition) is 4. The van der Waals surface area contributed by atoms with Crippen molar-refractivity contribution >= 4 is 22.9 Å². The van der Waals surface area contributed by atoms with E-state index in [-0.39, 0.29) is 0 Å². The van der Waals surface area contributed by atoms with Crippen molar-refractivity contribution in [2.24, 2.45) is 7.05 Å². The Kier molecular flexibility index (Phi) is 6.76. The molecule has 0 bridgehead atoms. The molecule has 7 nitrogen and oxygen atoms in total. The van der Waals surface area contributed by atoms with E-state index in [1.807, 2.05) is 24.0 Å². The summed E-state index contributed by atoms with van der Waals surface area (Å²) in [4.78, 5) is 17.4. The van der Waals surface area contributed by atoms with Gasteiger partial charge in [-0.3, -0.25) is 19.6 Å². The number of amides is 1. The van der Waals surface area contributed by atoms with Crippen LogP contribution in [0.25, 0.3) is 17.0 Å². The molecule has 0 fully saturated rings. The van der Waals surface area contributed by atoms with Crippen molar-refractivity contribution in [3.63, 3.8) is 0 Å². The van der Waals surface area contributed by atoms with Crippen molar-refractivity contribution in [2.45, 2.75) is 45.7 Å². The summed E-state index contributed by atoms with van der Waals surface area (Å²) in [6.45, 7) is 6.05. The molecular weight excluding hydrogens is 450 g/mol. The highest BCUT2D eigenvalue weighted by molar-refractivity contribution is 5.90. The molecule has 7 heteroatoms. The Balaban J connectivity index is 1.41. The van der Waals surface area contributed by atoms with E-state index in [1.54, 1.807) is 11.6 Å². The molecule has 0 spiro atoms. The first kappa shape index (κ1) is 24.0. The number of fused-ring (bicyclic) bond motifs is 2. The third kappa shape index (κ3) is 4.85. The summed E-state index contributed by atoms with van der Waals surface area (Å²) in [6.07, 6.45) is 10.2. The molecule has 36 heavy (non-hydrogen) atoms. The highest BCUT2D eigenvalue weighted by Gasteiger charge is 2.29. The van der Waals surface area contributed by atoms with Gasteiger partial charge in [-0.2, -0.15) is 5.10 Å². The molecule has 0 saturated carbocycles. The molecule has 1 unspecified atom stereocenters. The van der Waals surface area contributed by atoms with Crippen molar-refractivity contribution in [3.8, 4) is 0 Å². The van der Waals surface area contributed by atoms with Crippen LogP contribution < -0.4 is 5.48 Å². The van der Waals surface area contributed by atoms with Crippen LogP contribution >= 0.6 is 0 Å². The predicted octanol–water partition coefficient (Wildman–Crippen LogP) is 4.77. The third-order valence-electron chi connectivity index (χ3n) is 7.49. The van der Waals surface area contributed by atoms with E-state index in [1.165, 1.54) is 50.5 Å². The molecule has 2 aromatic carbocycles. The van der Waals surface area contributed by atoms with E-state index in [2.05, 4.69) is 65.4 Å². The van der Waals surface area contributed by atoms with Crippen LogP contribution in [-0.2, 0) is 31.2 Å². The van der Waals surface area contributed by atoms with Gasteiger partial charge in [-0.1, -0.05) is 30.3 Å². The van der Waals surface area contributed by atoms with Crippen LogP contribution in [0.3, 0.4) is 0 Å². The molecule has 2 aromatic heterocycles. The van der Waals surface area contributed by atoms with Crippen molar-refractivity contribution in [3.05, 3.63) is 93.9 Å². The minimum absolute atomic E-state index is 0.325. The van der Waals surface area contributed by atoms with Gasteiger partial charge in [-0.15, -0.1) is 0 Å². The van der Waals surface area contributed by atoms with Crippen LogP contribution in [0.15, 0.2) is 54.9 Å². The zero-order valence-electron chi connectivity index (χ0n) is 21.1. The summed E-state index contributed by atoms with van der Waals surface area (Å²) in [7, 11) is 1.99. The monoisotopic (exact) mass is 483 g/mol. The van der Waals surface area contributed by atoms with Crippen molar-refractivity contribution in [1.29, 1.82) is 0 Å². The minimum Gasteiger partial charge on any atom is -0.361 e. The predicted molar refractivity (Wildman–Crippen MR) is 142 cm³/mol. The first-order valence-electron chi connectivity index (χ1n) is 12.5. The lowest BCUT2D eigenvalue weighted by Crippen LogP contribution is -2.29. The summed E-state index contributed by atoms with van der Waals surface area (Å²) in [5, 5.41) is 14.5. The maximum absolute atomic E-state index is 11.4. The quantitative estimate of drug-likeness (QED) is 0.191. The second-order valence-electron chi connectivity index (χ2n) is 9.78. The molecule has 0 saturated heterocycles. The molecule has 3 N–H and O–H groups in total. The number of nitrogens with zero attached hydrogens (tertiary/aromatic N) is 3. The van der Waals surface area contributed by atoms with Crippen LogP contribution in [0.5, 0.6) is 0 Å². The summed E-state index contributed by atoms with van der Waals surface area (Å²) in [6, 6.07) is 13.3. The molecule has 1 atom stereocenters. The van der Waals surface area contributed by atoms with E-state index >= 15 is 0 Å². The molecule has 1 aliphatic rings. The number of aromatic amines is 1. The van der Waals surface area contributed by atoms with Gasteiger partial charge in [0.15, 0.2) is 0 Å². The molecule has 5 rings (SSSR count). The number of hydroxylamine groups is 1. The Hall–Kier alpha value is -3.68. The number of hydrogen-bond donors (Lipinski definition) is 3. The van der Waals surface area contributed by atoms with Crippen molar-refractivity contribution < 1.29 is 10.0 Å². The molecule has 0 radical (unpaired) electrons. The first-order chi connectivity index (χ1) is 17.4. The molecular formula is C29H33N5O2. The lowest BCUT2D eigenvalue weighted by Gasteiger charge is -2.30. The number of aryl methyl sites for hydroxylation is 3. The maximum Gasteiger partial charge on any atom is 0.267 e. The Morgan fingerprint density at radius 1 is 1.25 bits per heavy atom. The minimum atomic E-state index is -0.529. The maximum atomic E-state index is 11.4. The highest BCUT2D eigenvalue weighted by atomic mass is 16.5.